The third-order valence-electron chi connectivity index (χ3n) is 3.75. The molecule has 0 unspecified atom stereocenters. The average Bonchev–Trinajstić information content (AvgIpc) is 2.98. The van der Waals surface area contributed by atoms with Gasteiger partial charge in [0.1, 0.15) is 0 Å². The molecule has 0 radical (unpaired) electrons. The third-order valence-corrected chi connectivity index (χ3v) is 3.75. The van der Waals surface area contributed by atoms with Gasteiger partial charge in [-0.25, -0.2) is 9.59 Å². The van der Waals surface area contributed by atoms with Crippen LogP contribution in [-0.4, -0.2) is 35.9 Å². The number of H-pyrrole nitrogens is 1. The zero-order chi connectivity index (χ0) is 17.5. The number of anilines is 1. The van der Waals surface area contributed by atoms with Crippen molar-refractivity contribution in [3.05, 3.63) is 46.8 Å². The fourth-order valence-corrected chi connectivity index (χ4v) is 2.28. The number of aryl methyl sites for hydroxylation is 3. The molecule has 0 saturated heterocycles. The van der Waals surface area contributed by atoms with Gasteiger partial charge in [0.2, 0.25) is 0 Å². The highest BCUT2D eigenvalue weighted by atomic mass is 16.5. The molecule has 0 fully saturated rings. The topological polar surface area (TPSA) is 96.1 Å². The Balaban J connectivity index is 1.83. The van der Waals surface area contributed by atoms with Crippen LogP contribution in [0.15, 0.2) is 24.4 Å². The summed E-state index contributed by atoms with van der Waals surface area (Å²) in [4.78, 5) is 23.5. The van der Waals surface area contributed by atoms with Gasteiger partial charge in [-0.3, -0.25) is 5.10 Å². The Morgan fingerprint density at radius 1 is 1.29 bits per heavy atom. The van der Waals surface area contributed by atoms with Crippen LogP contribution in [0.2, 0.25) is 0 Å². The van der Waals surface area contributed by atoms with E-state index in [0.717, 1.165) is 29.7 Å². The summed E-state index contributed by atoms with van der Waals surface area (Å²) >= 11 is 0. The molecule has 24 heavy (non-hydrogen) atoms. The number of urea groups is 1. The normalized spacial score (nSPS) is 10.3. The van der Waals surface area contributed by atoms with Crippen molar-refractivity contribution >= 4 is 17.7 Å². The van der Waals surface area contributed by atoms with E-state index in [0.29, 0.717) is 17.8 Å². The SMILES string of the molecule is COC(=O)c1ccc(C)c(NC(=O)NCCCc2cn[nH]c2C)c1. The molecule has 2 aromatic rings. The summed E-state index contributed by atoms with van der Waals surface area (Å²) in [5.41, 5.74) is 4.05. The van der Waals surface area contributed by atoms with E-state index >= 15 is 0 Å². The zero-order valence-corrected chi connectivity index (χ0v) is 14.1. The van der Waals surface area contributed by atoms with Crippen molar-refractivity contribution in [2.24, 2.45) is 0 Å². The molecule has 3 N–H and O–H groups in total. The van der Waals surface area contributed by atoms with Crippen LogP contribution in [0.25, 0.3) is 0 Å². The summed E-state index contributed by atoms with van der Waals surface area (Å²) in [5, 5.41) is 12.4. The van der Waals surface area contributed by atoms with Crippen molar-refractivity contribution in [3.8, 4) is 0 Å². The van der Waals surface area contributed by atoms with Gasteiger partial charge in [-0.15, -0.1) is 0 Å². The average molecular weight is 330 g/mol. The van der Waals surface area contributed by atoms with Gasteiger partial charge < -0.3 is 15.4 Å². The van der Waals surface area contributed by atoms with E-state index < -0.39 is 5.97 Å². The van der Waals surface area contributed by atoms with E-state index in [9.17, 15) is 9.59 Å². The maximum absolute atomic E-state index is 12.0. The van der Waals surface area contributed by atoms with Crippen LogP contribution in [0.4, 0.5) is 10.5 Å². The van der Waals surface area contributed by atoms with Crippen LogP contribution in [-0.2, 0) is 11.2 Å². The molecule has 0 aliphatic carbocycles. The summed E-state index contributed by atoms with van der Waals surface area (Å²) in [7, 11) is 1.32. The molecule has 0 bridgehead atoms. The van der Waals surface area contributed by atoms with Crippen LogP contribution in [0, 0.1) is 13.8 Å². The highest BCUT2D eigenvalue weighted by Gasteiger charge is 2.10. The van der Waals surface area contributed by atoms with Crippen molar-refractivity contribution in [2.75, 3.05) is 19.0 Å². The van der Waals surface area contributed by atoms with Crippen LogP contribution < -0.4 is 10.6 Å². The van der Waals surface area contributed by atoms with Crippen LogP contribution in [0.1, 0.15) is 33.6 Å². The van der Waals surface area contributed by atoms with Crippen molar-refractivity contribution in [1.82, 2.24) is 15.5 Å². The number of methoxy groups -OCH3 is 1. The summed E-state index contributed by atoms with van der Waals surface area (Å²) in [6.07, 6.45) is 3.46. The van der Waals surface area contributed by atoms with E-state index in [1.807, 2.05) is 13.8 Å². The molecule has 128 valence electrons. The number of carbonyl (C=O) groups excluding carboxylic acids is 2. The number of nitrogens with one attached hydrogen (secondary N) is 3. The van der Waals surface area contributed by atoms with Crippen LogP contribution in [0.5, 0.6) is 0 Å². The standard InChI is InChI=1S/C17H22N4O3/c1-11-6-7-13(16(22)24-3)9-15(11)20-17(23)18-8-4-5-14-10-19-21-12(14)2/h6-7,9-10H,4-5,8H2,1-3H3,(H,19,21)(H2,18,20,23). The first-order valence-corrected chi connectivity index (χ1v) is 7.74. The van der Waals surface area contributed by atoms with Crippen LogP contribution in [0.3, 0.4) is 0 Å². The predicted molar refractivity (Wildman–Crippen MR) is 91.2 cm³/mol. The van der Waals surface area contributed by atoms with Gasteiger partial charge in [-0.1, -0.05) is 6.07 Å². The number of rotatable bonds is 6. The minimum Gasteiger partial charge on any atom is -0.465 e. The molecule has 7 nitrogen and oxygen atoms in total. The first kappa shape index (κ1) is 17.5. The maximum atomic E-state index is 12.0. The second kappa shape index (κ2) is 8.14. The lowest BCUT2D eigenvalue weighted by atomic mass is 10.1. The third kappa shape index (κ3) is 4.58. The summed E-state index contributed by atoms with van der Waals surface area (Å²) in [5.74, 6) is -0.436. The number of benzene rings is 1. The van der Waals surface area contributed by atoms with E-state index in [4.69, 9.17) is 0 Å². The smallest absolute Gasteiger partial charge is 0.337 e. The Hall–Kier alpha value is -2.83. The molecule has 2 rings (SSSR count). The lowest BCUT2D eigenvalue weighted by Gasteiger charge is -2.11. The maximum Gasteiger partial charge on any atom is 0.337 e. The minimum absolute atomic E-state index is 0.302. The molecule has 0 spiro atoms. The highest BCUT2D eigenvalue weighted by molar-refractivity contribution is 5.94. The van der Waals surface area contributed by atoms with Crippen LogP contribution >= 0.6 is 0 Å². The Labute approximate surface area is 140 Å². The van der Waals surface area contributed by atoms with E-state index in [2.05, 4.69) is 25.6 Å². The van der Waals surface area contributed by atoms with Crippen molar-refractivity contribution in [1.29, 1.82) is 0 Å². The van der Waals surface area contributed by atoms with Gasteiger partial charge in [-0.05, 0) is 49.9 Å². The Morgan fingerprint density at radius 2 is 2.08 bits per heavy atom. The molecule has 7 heteroatoms. The van der Waals surface area contributed by atoms with E-state index in [-0.39, 0.29) is 6.03 Å². The summed E-state index contributed by atoms with van der Waals surface area (Å²) in [6.45, 7) is 4.38. The van der Waals surface area contributed by atoms with Gasteiger partial charge in [0, 0.05) is 17.9 Å². The first-order chi connectivity index (χ1) is 11.5. The number of nitrogens with zero attached hydrogens (tertiary/aromatic N) is 1. The lowest BCUT2D eigenvalue weighted by molar-refractivity contribution is 0.0600. The number of aromatic nitrogens is 2. The van der Waals surface area contributed by atoms with Gasteiger partial charge in [0.05, 0.1) is 18.9 Å². The van der Waals surface area contributed by atoms with Gasteiger partial charge in [0.15, 0.2) is 0 Å². The second-order valence-corrected chi connectivity index (χ2v) is 5.53. The highest BCUT2D eigenvalue weighted by Crippen LogP contribution is 2.17. The molecule has 2 amide bonds. The molecular formula is C17H22N4O3. The monoisotopic (exact) mass is 330 g/mol. The lowest BCUT2D eigenvalue weighted by Crippen LogP contribution is -2.30. The molecule has 0 saturated carbocycles. The fraction of sp³-hybridized carbons (Fsp3) is 0.353. The molecule has 1 aromatic heterocycles. The summed E-state index contributed by atoms with van der Waals surface area (Å²) < 4.78 is 4.69. The van der Waals surface area contributed by atoms with Crippen molar-refractivity contribution in [3.63, 3.8) is 0 Å². The van der Waals surface area contributed by atoms with Gasteiger partial charge in [0.25, 0.3) is 0 Å². The fourth-order valence-electron chi connectivity index (χ4n) is 2.28. The number of hydrogen-bond donors (Lipinski definition) is 3. The summed E-state index contributed by atoms with van der Waals surface area (Å²) in [6, 6.07) is 4.74. The Morgan fingerprint density at radius 3 is 2.75 bits per heavy atom. The number of hydrogen-bond acceptors (Lipinski definition) is 4. The molecule has 0 atom stereocenters. The molecule has 1 aromatic carbocycles. The number of carbonyl (C=O) groups is 2. The van der Waals surface area contributed by atoms with Crippen molar-refractivity contribution < 1.29 is 14.3 Å². The Bertz CT molecular complexity index is 724. The number of aromatic amines is 1. The number of ether oxygens (including phenoxy) is 1. The van der Waals surface area contributed by atoms with Crippen molar-refractivity contribution in [2.45, 2.75) is 26.7 Å². The molecule has 0 aliphatic rings. The number of esters is 1. The molecule has 1 heterocycles. The first-order valence-electron chi connectivity index (χ1n) is 7.74. The Kier molecular flexibility index (Phi) is 5.95. The van der Waals surface area contributed by atoms with E-state index in [1.165, 1.54) is 7.11 Å². The molecular weight excluding hydrogens is 308 g/mol. The largest absolute Gasteiger partial charge is 0.465 e. The van der Waals surface area contributed by atoms with Gasteiger partial charge >= 0.3 is 12.0 Å². The molecule has 0 aliphatic heterocycles. The van der Waals surface area contributed by atoms with Gasteiger partial charge in [-0.2, -0.15) is 5.10 Å². The predicted octanol–water partition coefficient (Wildman–Crippen LogP) is 2.57. The minimum atomic E-state index is -0.436. The number of amides is 2. The second-order valence-electron chi connectivity index (χ2n) is 5.53. The quantitative estimate of drug-likeness (QED) is 0.560. The van der Waals surface area contributed by atoms with E-state index in [1.54, 1.807) is 24.4 Å². The zero-order valence-electron chi connectivity index (χ0n) is 14.1.